The summed E-state index contributed by atoms with van der Waals surface area (Å²) in [5, 5.41) is 0. The Kier molecular flexibility index (Phi) is 7.06. The summed E-state index contributed by atoms with van der Waals surface area (Å²) in [6.45, 7) is 7.74. The maximum Gasteiger partial charge on any atom is 0.0307 e. The number of benzene rings is 1. The van der Waals surface area contributed by atoms with E-state index in [0.29, 0.717) is 6.04 Å². The molecule has 2 atom stereocenters. The summed E-state index contributed by atoms with van der Waals surface area (Å²) >= 11 is 0. The molecule has 108 valence electrons. The van der Waals surface area contributed by atoms with Crippen LogP contribution in [-0.2, 0) is 0 Å². The van der Waals surface area contributed by atoms with E-state index >= 15 is 0 Å². The highest BCUT2D eigenvalue weighted by atomic mass is 15.2. The molecule has 0 aliphatic carbocycles. The van der Waals surface area contributed by atoms with Gasteiger partial charge in [0.25, 0.3) is 0 Å². The molecule has 0 saturated carbocycles. The van der Waals surface area contributed by atoms with Crippen LogP contribution in [0.25, 0.3) is 0 Å². The van der Waals surface area contributed by atoms with Gasteiger partial charge in [-0.3, -0.25) is 4.90 Å². The molecule has 0 aliphatic rings. The van der Waals surface area contributed by atoms with Crippen LogP contribution >= 0.6 is 0 Å². The second kappa shape index (κ2) is 8.31. The lowest BCUT2D eigenvalue weighted by Crippen LogP contribution is -2.41. The fourth-order valence-corrected chi connectivity index (χ4v) is 2.51. The maximum atomic E-state index is 6.26. The molecule has 0 radical (unpaired) electrons. The molecule has 0 fully saturated rings. The van der Waals surface area contributed by atoms with Gasteiger partial charge < -0.3 is 10.6 Å². The molecule has 0 heterocycles. The molecule has 0 saturated heterocycles. The highest BCUT2D eigenvalue weighted by Crippen LogP contribution is 2.14. The Morgan fingerprint density at radius 1 is 1.16 bits per heavy atom. The molecule has 2 N–H and O–H groups in total. The molecule has 1 aromatic rings. The molecule has 19 heavy (non-hydrogen) atoms. The van der Waals surface area contributed by atoms with Crippen LogP contribution in [0.1, 0.15) is 31.9 Å². The SMILES string of the molecule is CCN(CCC(N)c1ccccc1)C(C)CN(C)C. The van der Waals surface area contributed by atoms with Crippen molar-refractivity contribution >= 4 is 0 Å². The Bertz CT molecular complexity index is 337. The summed E-state index contributed by atoms with van der Waals surface area (Å²) in [7, 11) is 4.25. The average molecular weight is 263 g/mol. The highest BCUT2D eigenvalue weighted by molar-refractivity contribution is 5.18. The summed E-state index contributed by atoms with van der Waals surface area (Å²) in [5.74, 6) is 0. The third-order valence-corrected chi connectivity index (χ3v) is 3.61. The minimum Gasteiger partial charge on any atom is -0.324 e. The van der Waals surface area contributed by atoms with Crippen molar-refractivity contribution in [1.29, 1.82) is 0 Å². The topological polar surface area (TPSA) is 32.5 Å². The zero-order chi connectivity index (χ0) is 14.3. The standard InChI is InChI=1S/C16H29N3/c1-5-19(14(2)13-18(3)4)12-11-16(17)15-9-7-6-8-10-15/h6-10,14,16H,5,11-13,17H2,1-4H3. The Hall–Kier alpha value is -0.900. The van der Waals surface area contributed by atoms with E-state index in [4.69, 9.17) is 5.73 Å². The van der Waals surface area contributed by atoms with Gasteiger partial charge in [-0.1, -0.05) is 37.3 Å². The Morgan fingerprint density at radius 2 is 1.79 bits per heavy atom. The van der Waals surface area contributed by atoms with E-state index in [1.54, 1.807) is 0 Å². The third kappa shape index (κ3) is 5.72. The molecule has 1 aromatic carbocycles. The molecule has 2 unspecified atom stereocenters. The molecule has 0 bridgehead atoms. The van der Waals surface area contributed by atoms with E-state index in [2.05, 4.69) is 62.0 Å². The van der Waals surface area contributed by atoms with Crippen molar-refractivity contribution in [2.75, 3.05) is 33.7 Å². The molecule has 0 amide bonds. The van der Waals surface area contributed by atoms with Gasteiger partial charge in [0.15, 0.2) is 0 Å². The molecule has 3 heteroatoms. The Morgan fingerprint density at radius 3 is 2.32 bits per heavy atom. The number of hydrogen-bond acceptors (Lipinski definition) is 3. The summed E-state index contributed by atoms with van der Waals surface area (Å²) in [6.07, 6.45) is 1.01. The lowest BCUT2D eigenvalue weighted by Gasteiger charge is -2.30. The smallest absolute Gasteiger partial charge is 0.0307 e. The first-order valence-electron chi connectivity index (χ1n) is 7.23. The fraction of sp³-hybridized carbons (Fsp3) is 0.625. The van der Waals surface area contributed by atoms with Crippen LogP contribution in [0.4, 0.5) is 0 Å². The van der Waals surface area contributed by atoms with Crippen molar-refractivity contribution in [3.05, 3.63) is 35.9 Å². The van der Waals surface area contributed by atoms with Gasteiger partial charge in [-0.2, -0.15) is 0 Å². The minimum absolute atomic E-state index is 0.141. The monoisotopic (exact) mass is 263 g/mol. The van der Waals surface area contributed by atoms with Crippen LogP contribution in [0.2, 0.25) is 0 Å². The van der Waals surface area contributed by atoms with E-state index in [9.17, 15) is 0 Å². The van der Waals surface area contributed by atoms with Crippen LogP contribution in [0.5, 0.6) is 0 Å². The first-order valence-corrected chi connectivity index (χ1v) is 7.23. The van der Waals surface area contributed by atoms with E-state index in [1.165, 1.54) is 5.56 Å². The van der Waals surface area contributed by atoms with Gasteiger partial charge in [0.05, 0.1) is 0 Å². The summed E-state index contributed by atoms with van der Waals surface area (Å²) in [4.78, 5) is 4.74. The highest BCUT2D eigenvalue weighted by Gasteiger charge is 2.14. The second-order valence-electron chi connectivity index (χ2n) is 5.55. The number of nitrogens with zero attached hydrogens (tertiary/aromatic N) is 2. The zero-order valence-electron chi connectivity index (χ0n) is 12.8. The van der Waals surface area contributed by atoms with Crippen molar-refractivity contribution in [2.24, 2.45) is 5.73 Å². The Balaban J connectivity index is 2.45. The van der Waals surface area contributed by atoms with Crippen LogP contribution < -0.4 is 5.73 Å². The lowest BCUT2D eigenvalue weighted by molar-refractivity contribution is 0.176. The van der Waals surface area contributed by atoms with Crippen molar-refractivity contribution < 1.29 is 0 Å². The van der Waals surface area contributed by atoms with Crippen LogP contribution in [-0.4, -0.2) is 49.6 Å². The van der Waals surface area contributed by atoms with Crippen molar-refractivity contribution in [2.45, 2.75) is 32.4 Å². The van der Waals surface area contributed by atoms with E-state index < -0.39 is 0 Å². The quantitative estimate of drug-likeness (QED) is 0.781. The minimum atomic E-state index is 0.141. The van der Waals surface area contributed by atoms with Gasteiger partial charge >= 0.3 is 0 Å². The largest absolute Gasteiger partial charge is 0.324 e. The number of hydrogen-bond donors (Lipinski definition) is 1. The summed E-state index contributed by atoms with van der Waals surface area (Å²) in [5.41, 5.74) is 7.50. The van der Waals surface area contributed by atoms with Crippen molar-refractivity contribution in [3.63, 3.8) is 0 Å². The molecule has 1 rings (SSSR count). The number of rotatable bonds is 8. The van der Waals surface area contributed by atoms with Crippen LogP contribution in [0.15, 0.2) is 30.3 Å². The predicted octanol–water partition coefficient (Wildman–Crippen LogP) is 2.35. The number of likely N-dealkylation sites (N-methyl/N-ethyl adjacent to an activating group) is 2. The van der Waals surface area contributed by atoms with Gasteiger partial charge in [-0.05, 0) is 39.5 Å². The van der Waals surface area contributed by atoms with Gasteiger partial charge in [0.1, 0.15) is 0 Å². The molecule has 0 aromatic heterocycles. The van der Waals surface area contributed by atoms with E-state index in [1.807, 2.05) is 6.07 Å². The molecular weight excluding hydrogens is 234 g/mol. The van der Waals surface area contributed by atoms with E-state index in [0.717, 1.165) is 26.1 Å². The fourth-order valence-electron chi connectivity index (χ4n) is 2.51. The average Bonchev–Trinajstić information content (AvgIpc) is 2.39. The molecule has 0 aliphatic heterocycles. The normalized spacial score (nSPS) is 14.9. The van der Waals surface area contributed by atoms with Crippen LogP contribution in [0, 0.1) is 0 Å². The van der Waals surface area contributed by atoms with Gasteiger partial charge in [0.2, 0.25) is 0 Å². The second-order valence-corrected chi connectivity index (χ2v) is 5.55. The zero-order valence-corrected chi connectivity index (χ0v) is 12.8. The molecular formula is C16H29N3. The van der Waals surface area contributed by atoms with Gasteiger partial charge in [-0.25, -0.2) is 0 Å². The first kappa shape index (κ1) is 16.2. The number of nitrogens with two attached hydrogens (primary N) is 1. The maximum absolute atomic E-state index is 6.26. The molecule has 3 nitrogen and oxygen atoms in total. The summed E-state index contributed by atoms with van der Waals surface area (Å²) < 4.78 is 0. The van der Waals surface area contributed by atoms with Gasteiger partial charge in [0, 0.05) is 25.2 Å². The van der Waals surface area contributed by atoms with E-state index in [-0.39, 0.29) is 6.04 Å². The van der Waals surface area contributed by atoms with Crippen molar-refractivity contribution in [3.8, 4) is 0 Å². The third-order valence-electron chi connectivity index (χ3n) is 3.61. The first-order chi connectivity index (χ1) is 9.04. The summed E-state index contributed by atoms with van der Waals surface area (Å²) in [6, 6.07) is 11.1. The van der Waals surface area contributed by atoms with Crippen molar-refractivity contribution in [1.82, 2.24) is 9.80 Å². The van der Waals surface area contributed by atoms with Gasteiger partial charge in [-0.15, -0.1) is 0 Å². The predicted molar refractivity (Wildman–Crippen MR) is 83.3 cm³/mol. The molecule has 0 spiro atoms. The lowest BCUT2D eigenvalue weighted by atomic mass is 10.0. The Labute approximate surface area is 118 Å². The van der Waals surface area contributed by atoms with Crippen LogP contribution in [0.3, 0.4) is 0 Å².